The molecule has 4 heteroatoms. The average Bonchev–Trinajstić information content (AvgIpc) is 2.87. The van der Waals surface area contributed by atoms with Crippen LogP contribution >= 0.6 is 11.3 Å². The van der Waals surface area contributed by atoms with Crippen LogP contribution in [0.1, 0.15) is 29.3 Å². The van der Waals surface area contributed by atoms with E-state index in [1.807, 2.05) is 24.4 Å². The summed E-state index contributed by atoms with van der Waals surface area (Å²) in [6.45, 7) is 5.72. The molecule has 2 rings (SSSR count). The highest BCUT2D eigenvalue weighted by atomic mass is 32.1. The van der Waals surface area contributed by atoms with Crippen molar-refractivity contribution in [2.45, 2.75) is 32.4 Å². The Kier molecular flexibility index (Phi) is 4.69. The molecule has 102 valence electrons. The molecule has 1 atom stereocenters. The van der Waals surface area contributed by atoms with Crippen LogP contribution in [0.4, 0.5) is 0 Å². The molecule has 0 saturated heterocycles. The summed E-state index contributed by atoms with van der Waals surface area (Å²) in [6, 6.07) is 10.2. The van der Waals surface area contributed by atoms with Crippen molar-refractivity contribution >= 4 is 11.3 Å². The molecular weight excluding hydrogens is 254 g/mol. The van der Waals surface area contributed by atoms with Crippen molar-refractivity contribution < 1.29 is 0 Å². The van der Waals surface area contributed by atoms with Gasteiger partial charge in [-0.1, -0.05) is 37.3 Å². The normalized spacial score (nSPS) is 14.3. The quantitative estimate of drug-likeness (QED) is 0.852. The van der Waals surface area contributed by atoms with Gasteiger partial charge in [0.2, 0.25) is 0 Å². The molecule has 0 spiro atoms. The first-order valence-corrected chi connectivity index (χ1v) is 7.42. The van der Waals surface area contributed by atoms with Gasteiger partial charge in [0.1, 0.15) is 5.01 Å². The number of aromatic nitrogens is 1. The summed E-state index contributed by atoms with van der Waals surface area (Å²) >= 11 is 1.76. The predicted octanol–water partition coefficient (Wildman–Crippen LogP) is 2.67. The summed E-state index contributed by atoms with van der Waals surface area (Å²) in [5, 5.41) is 4.53. The van der Waals surface area contributed by atoms with Gasteiger partial charge in [-0.15, -0.1) is 11.3 Å². The monoisotopic (exact) mass is 275 g/mol. The molecule has 1 aromatic heterocycles. The molecule has 3 nitrogen and oxygen atoms in total. The molecule has 2 aromatic rings. The summed E-state index contributed by atoms with van der Waals surface area (Å²) < 4.78 is 0. The molecule has 1 heterocycles. The third kappa shape index (κ3) is 3.86. The van der Waals surface area contributed by atoms with Crippen molar-refractivity contribution in [1.29, 1.82) is 0 Å². The van der Waals surface area contributed by atoms with Gasteiger partial charge in [-0.05, 0) is 18.9 Å². The zero-order valence-corrected chi connectivity index (χ0v) is 12.3. The maximum Gasteiger partial charge on any atom is 0.107 e. The minimum atomic E-state index is -0.355. The SMILES string of the molecule is CCc1cnc(CNCC(C)(N)c2ccccc2)s1. The number of aryl methyl sites for hydroxylation is 1. The highest BCUT2D eigenvalue weighted by Crippen LogP contribution is 2.17. The predicted molar refractivity (Wildman–Crippen MR) is 81.2 cm³/mol. The summed E-state index contributed by atoms with van der Waals surface area (Å²) in [5.41, 5.74) is 7.15. The zero-order valence-electron chi connectivity index (χ0n) is 11.5. The topological polar surface area (TPSA) is 50.9 Å². The number of rotatable bonds is 6. The number of hydrogen-bond donors (Lipinski definition) is 2. The molecule has 1 aromatic carbocycles. The number of thiazole rings is 1. The Balaban J connectivity index is 1.88. The molecule has 0 bridgehead atoms. The van der Waals surface area contributed by atoms with Crippen molar-refractivity contribution in [2.75, 3.05) is 6.54 Å². The zero-order chi connectivity index (χ0) is 13.7. The van der Waals surface area contributed by atoms with Gasteiger partial charge < -0.3 is 11.1 Å². The third-order valence-electron chi connectivity index (χ3n) is 3.15. The lowest BCUT2D eigenvalue weighted by atomic mass is 9.93. The summed E-state index contributed by atoms with van der Waals surface area (Å²) in [7, 11) is 0. The lowest BCUT2D eigenvalue weighted by molar-refractivity contribution is 0.445. The Morgan fingerprint density at radius 1 is 1.32 bits per heavy atom. The number of nitrogens with one attached hydrogen (secondary N) is 1. The molecule has 0 aliphatic heterocycles. The van der Waals surface area contributed by atoms with E-state index in [0.717, 1.165) is 30.1 Å². The van der Waals surface area contributed by atoms with Crippen molar-refractivity contribution in [3.63, 3.8) is 0 Å². The van der Waals surface area contributed by atoms with E-state index in [0.29, 0.717) is 0 Å². The van der Waals surface area contributed by atoms with Crippen LogP contribution < -0.4 is 11.1 Å². The summed E-state index contributed by atoms with van der Waals surface area (Å²) in [6.07, 6.45) is 3.01. The van der Waals surface area contributed by atoms with Crippen LogP contribution in [0, 0.1) is 0 Å². The van der Waals surface area contributed by atoms with Crippen molar-refractivity contribution in [3.8, 4) is 0 Å². The lowest BCUT2D eigenvalue weighted by Crippen LogP contribution is -2.43. The van der Waals surface area contributed by atoms with Crippen LogP contribution in [-0.2, 0) is 18.5 Å². The maximum absolute atomic E-state index is 6.35. The molecular formula is C15H21N3S. The van der Waals surface area contributed by atoms with E-state index >= 15 is 0 Å². The van der Waals surface area contributed by atoms with Crippen molar-refractivity contribution in [1.82, 2.24) is 10.3 Å². The number of benzene rings is 1. The van der Waals surface area contributed by atoms with Gasteiger partial charge in [0, 0.05) is 24.2 Å². The standard InChI is InChI=1S/C15H21N3S/c1-3-13-9-18-14(19-13)10-17-11-15(2,16)12-7-5-4-6-8-12/h4-9,17H,3,10-11,16H2,1-2H3. The highest BCUT2D eigenvalue weighted by molar-refractivity contribution is 7.11. The molecule has 19 heavy (non-hydrogen) atoms. The van der Waals surface area contributed by atoms with E-state index in [2.05, 4.69) is 36.3 Å². The second-order valence-corrected chi connectivity index (χ2v) is 6.16. The Morgan fingerprint density at radius 2 is 2.05 bits per heavy atom. The van der Waals surface area contributed by atoms with Gasteiger partial charge in [0.05, 0.1) is 5.54 Å². The van der Waals surface area contributed by atoms with Crippen LogP contribution in [0.15, 0.2) is 36.5 Å². The first-order chi connectivity index (χ1) is 9.12. The van der Waals surface area contributed by atoms with Gasteiger partial charge >= 0.3 is 0 Å². The largest absolute Gasteiger partial charge is 0.321 e. The van der Waals surface area contributed by atoms with Gasteiger partial charge in [0.25, 0.3) is 0 Å². The second-order valence-electron chi connectivity index (χ2n) is 4.96. The highest BCUT2D eigenvalue weighted by Gasteiger charge is 2.20. The minimum Gasteiger partial charge on any atom is -0.321 e. The number of nitrogens with two attached hydrogens (primary N) is 1. The van der Waals surface area contributed by atoms with E-state index < -0.39 is 0 Å². The molecule has 0 aliphatic carbocycles. The van der Waals surface area contributed by atoms with Gasteiger partial charge in [-0.2, -0.15) is 0 Å². The van der Waals surface area contributed by atoms with Crippen LogP contribution in [0.3, 0.4) is 0 Å². The van der Waals surface area contributed by atoms with Crippen molar-refractivity contribution in [2.24, 2.45) is 5.73 Å². The van der Waals surface area contributed by atoms with Crippen molar-refractivity contribution in [3.05, 3.63) is 52.0 Å². The van der Waals surface area contributed by atoms with Crippen LogP contribution in [0.25, 0.3) is 0 Å². The first-order valence-electron chi connectivity index (χ1n) is 6.60. The fraction of sp³-hybridized carbons (Fsp3) is 0.400. The average molecular weight is 275 g/mol. The van der Waals surface area contributed by atoms with E-state index in [1.54, 1.807) is 11.3 Å². The second kappa shape index (κ2) is 6.28. The Labute approximate surface area is 118 Å². The van der Waals surface area contributed by atoms with Crippen LogP contribution in [-0.4, -0.2) is 11.5 Å². The van der Waals surface area contributed by atoms with Gasteiger partial charge in [-0.3, -0.25) is 0 Å². The molecule has 1 unspecified atom stereocenters. The smallest absolute Gasteiger partial charge is 0.107 e. The van der Waals surface area contributed by atoms with E-state index in [4.69, 9.17) is 5.73 Å². The molecule has 0 fully saturated rings. The fourth-order valence-electron chi connectivity index (χ4n) is 1.94. The molecule has 0 saturated carbocycles. The summed E-state index contributed by atoms with van der Waals surface area (Å²) in [5.74, 6) is 0. The van der Waals surface area contributed by atoms with Gasteiger partial charge in [-0.25, -0.2) is 4.98 Å². The van der Waals surface area contributed by atoms with E-state index in [-0.39, 0.29) is 5.54 Å². The fourth-order valence-corrected chi connectivity index (χ4v) is 2.78. The molecule has 0 aliphatic rings. The van der Waals surface area contributed by atoms with E-state index in [9.17, 15) is 0 Å². The molecule has 3 N–H and O–H groups in total. The number of nitrogens with zero attached hydrogens (tertiary/aromatic N) is 1. The minimum absolute atomic E-state index is 0.355. The molecule has 0 amide bonds. The van der Waals surface area contributed by atoms with E-state index in [1.165, 1.54) is 4.88 Å². The molecule has 0 radical (unpaired) electrons. The summed E-state index contributed by atoms with van der Waals surface area (Å²) in [4.78, 5) is 5.72. The lowest BCUT2D eigenvalue weighted by Gasteiger charge is -2.25. The third-order valence-corrected chi connectivity index (χ3v) is 4.29. The van der Waals surface area contributed by atoms with Crippen LogP contribution in [0.5, 0.6) is 0 Å². The van der Waals surface area contributed by atoms with Gasteiger partial charge in [0.15, 0.2) is 0 Å². The number of hydrogen-bond acceptors (Lipinski definition) is 4. The first kappa shape index (κ1) is 14.2. The Bertz CT molecular complexity index is 505. The maximum atomic E-state index is 6.35. The Hall–Kier alpha value is -1.23. The van der Waals surface area contributed by atoms with Crippen LogP contribution in [0.2, 0.25) is 0 Å². The Morgan fingerprint density at radius 3 is 2.68 bits per heavy atom.